The number of alkyl halides is 1. The summed E-state index contributed by atoms with van der Waals surface area (Å²) in [5.74, 6) is -1.01. The minimum absolute atomic E-state index is 0.280. The van der Waals surface area contributed by atoms with Crippen LogP contribution in [0, 0.1) is 0 Å². The van der Waals surface area contributed by atoms with E-state index >= 15 is 0 Å². The highest BCUT2D eigenvalue weighted by Gasteiger charge is 2.14. The van der Waals surface area contributed by atoms with Gasteiger partial charge in [-0.15, -0.1) is 0 Å². The van der Waals surface area contributed by atoms with Crippen molar-refractivity contribution in [1.29, 1.82) is 0 Å². The zero-order chi connectivity index (χ0) is 13.8. The normalized spacial score (nSPS) is 12.7. The van der Waals surface area contributed by atoms with Gasteiger partial charge in [-0.3, -0.25) is 9.18 Å². The Balaban J connectivity index is 2.26. The van der Waals surface area contributed by atoms with Gasteiger partial charge in [0.25, 0.3) is 0 Å². The fraction of sp³-hybridized carbons (Fsp3) is 0.357. The molecule has 0 spiro atoms. The van der Waals surface area contributed by atoms with Gasteiger partial charge in [-0.25, -0.2) is 0 Å². The lowest BCUT2D eigenvalue weighted by atomic mass is 10.0. The fourth-order valence-corrected chi connectivity index (χ4v) is 2.15. The highest BCUT2D eigenvalue weighted by Crippen LogP contribution is 2.21. The molecule has 1 aromatic heterocycles. The van der Waals surface area contributed by atoms with Crippen molar-refractivity contribution < 1.29 is 14.3 Å². The number of H-pyrrole nitrogens is 1. The summed E-state index contributed by atoms with van der Waals surface area (Å²) in [5, 5.41) is 9.81. The largest absolute Gasteiger partial charge is 0.480 e. The number of hydrogen-bond donors (Lipinski definition) is 3. The molecule has 1 unspecified atom stereocenters. The molecule has 1 atom stereocenters. The molecule has 1 aromatic carbocycles. The average Bonchev–Trinajstić information content (AvgIpc) is 2.79. The van der Waals surface area contributed by atoms with E-state index in [0.717, 1.165) is 22.0 Å². The number of rotatable bonds is 6. The first-order valence-corrected chi connectivity index (χ1v) is 6.25. The smallest absolute Gasteiger partial charge is 0.320 e. The molecule has 0 amide bonds. The van der Waals surface area contributed by atoms with Gasteiger partial charge < -0.3 is 15.8 Å². The van der Waals surface area contributed by atoms with Crippen molar-refractivity contribution in [3.05, 3.63) is 35.5 Å². The molecule has 0 saturated carbocycles. The minimum Gasteiger partial charge on any atom is -0.480 e. The molecule has 0 bridgehead atoms. The molecule has 0 radical (unpaired) electrons. The molecule has 0 saturated heterocycles. The molecule has 102 valence electrons. The molecule has 2 rings (SSSR count). The number of aryl methyl sites for hydroxylation is 1. The highest BCUT2D eigenvalue weighted by molar-refractivity contribution is 5.85. The predicted octanol–water partition coefficient (Wildman–Crippen LogP) is 2.02. The Labute approximate surface area is 110 Å². The second-order valence-electron chi connectivity index (χ2n) is 4.64. The van der Waals surface area contributed by atoms with Gasteiger partial charge in [-0.2, -0.15) is 0 Å². The van der Waals surface area contributed by atoms with Crippen LogP contribution in [0.2, 0.25) is 0 Å². The van der Waals surface area contributed by atoms with Crippen molar-refractivity contribution in [2.75, 3.05) is 6.67 Å². The van der Waals surface area contributed by atoms with E-state index in [9.17, 15) is 9.18 Å². The maximum Gasteiger partial charge on any atom is 0.320 e. The number of nitrogens with one attached hydrogen (secondary N) is 1. The van der Waals surface area contributed by atoms with Gasteiger partial charge in [0.15, 0.2) is 0 Å². The molecule has 0 aliphatic rings. The van der Waals surface area contributed by atoms with Crippen molar-refractivity contribution in [2.24, 2.45) is 5.73 Å². The monoisotopic (exact) mass is 263 g/mol. The van der Waals surface area contributed by atoms with Crippen molar-refractivity contribution in [1.82, 2.24) is 4.98 Å². The van der Waals surface area contributed by atoms with E-state index in [4.69, 9.17) is 10.8 Å². The van der Waals surface area contributed by atoms with Crippen LogP contribution in [0.15, 0.2) is 24.4 Å². The van der Waals surface area contributed by atoms with Crippen LogP contribution in [0.3, 0.4) is 0 Å². The maximum atomic E-state index is 12.2. The van der Waals surface area contributed by atoms with Crippen molar-refractivity contribution in [3.8, 4) is 0 Å². The molecule has 4 N–H and O–H groups in total. The average molecular weight is 263 g/mol. The Kier molecular flexibility index (Phi) is 4.16. The third-order valence-corrected chi connectivity index (χ3v) is 3.19. The Morgan fingerprint density at radius 2 is 2.26 bits per heavy atom. The Bertz CT molecular complexity index is 580. The van der Waals surface area contributed by atoms with E-state index in [1.54, 1.807) is 6.20 Å². The number of aliphatic carboxylic acids is 1. The molecular formula is C14H17FN2O2. The number of carboxylic acid groups (broad SMARTS) is 1. The van der Waals surface area contributed by atoms with Gasteiger partial charge in [0.05, 0.1) is 6.67 Å². The Morgan fingerprint density at radius 3 is 2.95 bits per heavy atom. The third-order valence-electron chi connectivity index (χ3n) is 3.19. The number of aromatic nitrogens is 1. The van der Waals surface area contributed by atoms with Crippen LogP contribution in [0.25, 0.3) is 10.9 Å². The van der Waals surface area contributed by atoms with Crippen LogP contribution in [0.4, 0.5) is 4.39 Å². The number of benzene rings is 1. The third kappa shape index (κ3) is 3.12. The quantitative estimate of drug-likeness (QED) is 0.746. The molecule has 19 heavy (non-hydrogen) atoms. The molecule has 0 fully saturated rings. The molecule has 0 aliphatic heterocycles. The van der Waals surface area contributed by atoms with Crippen molar-refractivity contribution in [3.63, 3.8) is 0 Å². The number of hydrogen-bond acceptors (Lipinski definition) is 2. The van der Waals surface area contributed by atoms with Crippen LogP contribution in [-0.2, 0) is 17.6 Å². The van der Waals surface area contributed by atoms with E-state index in [1.807, 2.05) is 18.2 Å². The van der Waals surface area contributed by atoms with Gasteiger partial charge in [0.2, 0.25) is 0 Å². The van der Waals surface area contributed by atoms with Crippen LogP contribution in [0.1, 0.15) is 17.5 Å². The summed E-state index contributed by atoms with van der Waals surface area (Å²) in [7, 11) is 0. The lowest BCUT2D eigenvalue weighted by Crippen LogP contribution is -2.32. The highest BCUT2D eigenvalue weighted by atomic mass is 18.2. The fourth-order valence-electron chi connectivity index (χ4n) is 2.15. The van der Waals surface area contributed by atoms with E-state index in [-0.39, 0.29) is 13.1 Å². The summed E-state index contributed by atoms with van der Waals surface area (Å²) >= 11 is 0. The molecular weight excluding hydrogens is 246 g/mol. The van der Waals surface area contributed by atoms with Crippen LogP contribution in [-0.4, -0.2) is 28.8 Å². The summed E-state index contributed by atoms with van der Waals surface area (Å²) in [6, 6.07) is 4.95. The summed E-state index contributed by atoms with van der Waals surface area (Å²) < 4.78 is 12.2. The van der Waals surface area contributed by atoms with E-state index in [2.05, 4.69) is 4.98 Å². The first-order valence-electron chi connectivity index (χ1n) is 6.25. The van der Waals surface area contributed by atoms with Gasteiger partial charge in [0, 0.05) is 23.5 Å². The molecule has 5 heteroatoms. The first kappa shape index (κ1) is 13.5. The number of halogens is 1. The molecule has 4 nitrogen and oxygen atoms in total. The zero-order valence-electron chi connectivity index (χ0n) is 10.5. The number of fused-ring (bicyclic) bond motifs is 1. The number of carboxylic acids is 1. The van der Waals surface area contributed by atoms with E-state index in [0.29, 0.717) is 12.8 Å². The number of aromatic amines is 1. The molecule has 2 aromatic rings. The lowest BCUT2D eigenvalue weighted by molar-refractivity contribution is -0.138. The number of carbonyl (C=O) groups is 1. The van der Waals surface area contributed by atoms with Gasteiger partial charge in [0.1, 0.15) is 6.04 Å². The predicted molar refractivity (Wildman–Crippen MR) is 71.9 cm³/mol. The van der Waals surface area contributed by atoms with Gasteiger partial charge in [-0.05, 0) is 36.1 Å². The van der Waals surface area contributed by atoms with Crippen molar-refractivity contribution >= 4 is 16.9 Å². The SMILES string of the molecule is NC(Cc1c[nH]c2ccc(CCC[18F])cc12)C(=O)O. The second-order valence-corrected chi connectivity index (χ2v) is 4.64. The molecule has 1 heterocycles. The summed E-state index contributed by atoms with van der Waals surface area (Å²) in [6.07, 6.45) is 3.25. The summed E-state index contributed by atoms with van der Waals surface area (Å²) in [4.78, 5) is 13.9. The van der Waals surface area contributed by atoms with Crippen LogP contribution >= 0.6 is 0 Å². The van der Waals surface area contributed by atoms with Crippen LogP contribution in [0.5, 0.6) is 0 Å². The van der Waals surface area contributed by atoms with Gasteiger partial charge >= 0.3 is 5.97 Å². The molecule has 0 aliphatic carbocycles. The zero-order valence-corrected chi connectivity index (χ0v) is 10.5. The second kappa shape index (κ2) is 5.84. The Hall–Kier alpha value is -1.88. The topological polar surface area (TPSA) is 79.1 Å². The Morgan fingerprint density at radius 1 is 1.47 bits per heavy atom. The van der Waals surface area contributed by atoms with E-state index in [1.165, 1.54) is 0 Å². The summed E-state index contributed by atoms with van der Waals surface area (Å²) in [6.45, 7) is -0.331. The van der Waals surface area contributed by atoms with Crippen molar-refractivity contribution in [2.45, 2.75) is 25.3 Å². The summed E-state index contributed by atoms with van der Waals surface area (Å²) in [5.41, 5.74) is 8.43. The van der Waals surface area contributed by atoms with E-state index < -0.39 is 12.0 Å². The van der Waals surface area contributed by atoms with Gasteiger partial charge in [-0.1, -0.05) is 6.07 Å². The standard InChI is InChI=1S/C14H17FN2O2/c15-5-1-2-9-3-4-13-11(6-9)10(8-17-13)7-12(16)14(18)19/h3-4,6,8,12,17H,1-2,5,7,16H2,(H,18,19)/i15-1. The lowest BCUT2D eigenvalue weighted by Gasteiger charge is -2.06. The maximum absolute atomic E-state index is 12.2. The number of nitrogens with two attached hydrogens (primary N) is 1. The first-order chi connectivity index (χ1) is 9.11. The minimum atomic E-state index is -1.01. The van der Waals surface area contributed by atoms with Crippen LogP contribution < -0.4 is 5.73 Å².